The highest BCUT2D eigenvalue weighted by Gasteiger charge is 2.31. The minimum Gasteiger partial charge on any atom is -0.493 e. The first-order valence-electron chi connectivity index (χ1n) is 11.4. The zero-order chi connectivity index (χ0) is 24.3. The summed E-state index contributed by atoms with van der Waals surface area (Å²) < 4.78 is 10.7. The van der Waals surface area contributed by atoms with Crippen molar-refractivity contribution in [3.05, 3.63) is 95.6 Å². The molecule has 3 aromatic carbocycles. The number of carbonyl (C=O) groups is 2. The van der Waals surface area contributed by atoms with Crippen LogP contribution in [0.25, 0.3) is 0 Å². The van der Waals surface area contributed by atoms with Crippen LogP contribution in [0.1, 0.15) is 36.1 Å². The number of methoxy groups -OCH3 is 2. The molecule has 0 aliphatic heterocycles. The maximum atomic E-state index is 13.7. The predicted octanol–water partition coefficient (Wildman–Crippen LogP) is 4.54. The van der Waals surface area contributed by atoms with Gasteiger partial charge in [0.2, 0.25) is 11.8 Å². The van der Waals surface area contributed by atoms with E-state index in [1.807, 2.05) is 73.7 Å². The maximum absolute atomic E-state index is 13.7. The van der Waals surface area contributed by atoms with Crippen molar-refractivity contribution in [2.45, 2.75) is 32.4 Å². The normalized spacial score (nSPS) is 11.4. The minimum atomic E-state index is -0.749. The van der Waals surface area contributed by atoms with E-state index in [9.17, 15) is 9.59 Å². The summed E-state index contributed by atoms with van der Waals surface area (Å²) in [6.07, 6.45) is 0.934. The van der Waals surface area contributed by atoms with Crippen molar-refractivity contribution in [3.8, 4) is 11.5 Å². The molecule has 0 aromatic heterocycles. The molecule has 3 rings (SSSR count). The molecule has 3 aromatic rings. The average Bonchev–Trinajstić information content (AvgIpc) is 2.88. The zero-order valence-corrected chi connectivity index (χ0v) is 20.0. The molecule has 0 aliphatic carbocycles. The fraction of sp³-hybridized carbons (Fsp3) is 0.286. The van der Waals surface area contributed by atoms with E-state index in [1.165, 1.54) is 0 Å². The summed E-state index contributed by atoms with van der Waals surface area (Å²) in [7, 11) is 3.14. The highest BCUT2D eigenvalue weighted by atomic mass is 16.5. The van der Waals surface area contributed by atoms with Gasteiger partial charge in [-0.25, -0.2) is 0 Å². The number of rotatable bonds is 11. The molecule has 0 fully saturated rings. The van der Waals surface area contributed by atoms with Crippen LogP contribution in [0.2, 0.25) is 0 Å². The van der Waals surface area contributed by atoms with E-state index in [4.69, 9.17) is 9.47 Å². The van der Waals surface area contributed by atoms with E-state index < -0.39 is 6.04 Å². The van der Waals surface area contributed by atoms with Crippen molar-refractivity contribution in [2.24, 2.45) is 0 Å². The lowest BCUT2D eigenvalue weighted by molar-refractivity contribution is -0.141. The Morgan fingerprint density at radius 3 is 2.12 bits per heavy atom. The molecule has 1 N–H and O–H groups in total. The molecule has 6 nitrogen and oxygen atoms in total. The van der Waals surface area contributed by atoms with Gasteiger partial charge in [0.25, 0.3) is 0 Å². The standard InChI is InChI=1S/C28H32N2O4/c1-4-17-29-28(32)27(23-13-9-6-10-14-23)30(20-21-11-7-5-8-12-21)26(31)19-22-15-16-24(33-2)25(18-22)34-3/h5-16,18,27H,4,17,19-20H2,1-3H3,(H,29,32)/t27-/m0/s1. The summed E-state index contributed by atoms with van der Waals surface area (Å²) in [5, 5.41) is 2.98. The van der Waals surface area contributed by atoms with Gasteiger partial charge in [0.1, 0.15) is 6.04 Å². The number of nitrogens with one attached hydrogen (secondary N) is 1. The molecular weight excluding hydrogens is 428 g/mol. The van der Waals surface area contributed by atoms with E-state index in [-0.39, 0.29) is 18.2 Å². The molecule has 2 amide bonds. The second-order valence-electron chi connectivity index (χ2n) is 7.98. The first kappa shape index (κ1) is 24.8. The topological polar surface area (TPSA) is 67.9 Å². The van der Waals surface area contributed by atoms with Crippen molar-refractivity contribution in [2.75, 3.05) is 20.8 Å². The molecule has 0 saturated heterocycles. The van der Waals surface area contributed by atoms with Gasteiger partial charge in [-0.15, -0.1) is 0 Å². The van der Waals surface area contributed by atoms with Crippen LogP contribution >= 0.6 is 0 Å². The summed E-state index contributed by atoms with van der Waals surface area (Å²) in [5.74, 6) is 0.810. The summed E-state index contributed by atoms with van der Waals surface area (Å²) in [4.78, 5) is 28.7. The van der Waals surface area contributed by atoms with Crippen molar-refractivity contribution in [1.82, 2.24) is 10.2 Å². The van der Waals surface area contributed by atoms with E-state index in [1.54, 1.807) is 31.3 Å². The Labute approximate surface area is 201 Å². The van der Waals surface area contributed by atoms with Crippen molar-refractivity contribution in [3.63, 3.8) is 0 Å². The van der Waals surface area contributed by atoms with Gasteiger partial charge >= 0.3 is 0 Å². The van der Waals surface area contributed by atoms with Gasteiger partial charge in [0, 0.05) is 13.1 Å². The molecule has 0 saturated carbocycles. The molecule has 0 radical (unpaired) electrons. The number of ether oxygens (including phenoxy) is 2. The lowest BCUT2D eigenvalue weighted by Crippen LogP contribution is -2.44. The Morgan fingerprint density at radius 2 is 1.50 bits per heavy atom. The molecule has 0 aliphatic rings. The number of carbonyl (C=O) groups excluding carboxylic acids is 2. The Bertz CT molecular complexity index is 1070. The lowest BCUT2D eigenvalue weighted by Gasteiger charge is -2.32. The number of amides is 2. The molecular formula is C28H32N2O4. The molecule has 0 unspecified atom stereocenters. The summed E-state index contributed by atoms with van der Waals surface area (Å²) in [6.45, 7) is 2.86. The van der Waals surface area contributed by atoms with Crippen LogP contribution < -0.4 is 14.8 Å². The van der Waals surface area contributed by atoms with Crippen LogP contribution in [0, 0.1) is 0 Å². The van der Waals surface area contributed by atoms with Crippen LogP contribution in [0.15, 0.2) is 78.9 Å². The number of hydrogen-bond acceptors (Lipinski definition) is 4. The van der Waals surface area contributed by atoms with E-state index in [0.717, 1.165) is 23.1 Å². The smallest absolute Gasteiger partial charge is 0.247 e. The molecule has 34 heavy (non-hydrogen) atoms. The first-order chi connectivity index (χ1) is 16.6. The lowest BCUT2D eigenvalue weighted by atomic mass is 10.0. The van der Waals surface area contributed by atoms with Gasteiger partial charge in [0.05, 0.1) is 20.6 Å². The summed E-state index contributed by atoms with van der Waals surface area (Å²) >= 11 is 0. The first-order valence-corrected chi connectivity index (χ1v) is 11.4. The highest BCUT2D eigenvalue weighted by molar-refractivity contribution is 5.89. The number of nitrogens with zero attached hydrogens (tertiary/aromatic N) is 1. The van der Waals surface area contributed by atoms with E-state index in [2.05, 4.69) is 5.32 Å². The zero-order valence-electron chi connectivity index (χ0n) is 20.0. The Kier molecular flexibility index (Phi) is 9.09. The van der Waals surface area contributed by atoms with Crippen molar-refractivity contribution < 1.29 is 19.1 Å². The average molecular weight is 461 g/mol. The third-order valence-corrected chi connectivity index (χ3v) is 5.54. The quantitative estimate of drug-likeness (QED) is 0.456. The van der Waals surface area contributed by atoms with Gasteiger partial charge in [-0.3, -0.25) is 9.59 Å². The third-order valence-electron chi connectivity index (χ3n) is 5.54. The molecule has 6 heteroatoms. The van der Waals surface area contributed by atoms with Crippen LogP contribution in [0.3, 0.4) is 0 Å². The van der Waals surface area contributed by atoms with Crippen LogP contribution in [0.5, 0.6) is 11.5 Å². The van der Waals surface area contributed by atoms with Crippen LogP contribution in [-0.2, 0) is 22.6 Å². The largest absolute Gasteiger partial charge is 0.493 e. The summed E-state index contributed by atoms with van der Waals surface area (Å²) in [6, 6.07) is 23.8. The maximum Gasteiger partial charge on any atom is 0.247 e. The Balaban J connectivity index is 1.98. The van der Waals surface area contributed by atoms with Crippen LogP contribution in [-0.4, -0.2) is 37.5 Å². The fourth-order valence-corrected chi connectivity index (χ4v) is 3.82. The van der Waals surface area contributed by atoms with E-state index in [0.29, 0.717) is 24.6 Å². The summed E-state index contributed by atoms with van der Waals surface area (Å²) in [5.41, 5.74) is 2.50. The third kappa shape index (κ3) is 6.38. The number of benzene rings is 3. The molecule has 0 spiro atoms. The van der Waals surface area contributed by atoms with E-state index >= 15 is 0 Å². The fourth-order valence-electron chi connectivity index (χ4n) is 3.82. The Morgan fingerprint density at radius 1 is 0.853 bits per heavy atom. The van der Waals surface area contributed by atoms with Gasteiger partial charge in [-0.2, -0.15) is 0 Å². The van der Waals surface area contributed by atoms with Gasteiger partial charge < -0.3 is 19.7 Å². The van der Waals surface area contributed by atoms with Crippen molar-refractivity contribution in [1.29, 1.82) is 0 Å². The SMILES string of the molecule is CCCNC(=O)[C@H](c1ccccc1)N(Cc1ccccc1)C(=O)Cc1ccc(OC)c(OC)c1. The van der Waals surface area contributed by atoms with Crippen molar-refractivity contribution >= 4 is 11.8 Å². The van der Waals surface area contributed by atoms with Gasteiger partial charge in [0.15, 0.2) is 11.5 Å². The van der Waals surface area contributed by atoms with Gasteiger partial charge in [-0.05, 0) is 35.2 Å². The highest BCUT2D eigenvalue weighted by Crippen LogP contribution is 2.29. The molecule has 0 heterocycles. The molecule has 0 bridgehead atoms. The number of hydrogen-bond donors (Lipinski definition) is 1. The molecule has 178 valence electrons. The minimum absolute atomic E-state index is 0.123. The monoisotopic (exact) mass is 460 g/mol. The Hall–Kier alpha value is -3.80. The predicted molar refractivity (Wildman–Crippen MR) is 133 cm³/mol. The van der Waals surface area contributed by atoms with Crippen LogP contribution in [0.4, 0.5) is 0 Å². The molecule has 1 atom stereocenters. The van der Waals surface area contributed by atoms with Gasteiger partial charge in [-0.1, -0.05) is 73.7 Å². The second kappa shape index (κ2) is 12.4. The second-order valence-corrected chi connectivity index (χ2v) is 7.98.